The summed E-state index contributed by atoms with van der Waals surface area (Å²) < 4.78 is 5.73. The van der Waals surface area contributed by atoms with Crippen LogP contribution >= 0.6 is 11.8 Å². The van der Waals surface area contributed by atoms with Crippen LogP contribution in [0.2, 0.25) is 0 Å². The number of hydrogen-bond acceptors (Lipinski definition) is 5. The summed E-state index contributed by atoms with van der Waals surface area (Å²) in [4.78, 5) is 15.4. The highest BCUT2D eigenvalue weighted by molar-refractivity contribution is 7.99. The van der Waals surface area contributed by atoms with E-state index in [1.165, 1.54) is 17.3 Å². The fourth-order valence-corrected chi connectivity index (χ4v) is 3.64. The Morgan fingerprint density at radius 1 is 1.17 bits per heavy atom. The van der Waals surface area contributed by atoms with Gasteiger partial charge in [0.15, 0.2) is 0 Å². The van der Waals surface area contributed by atoms with Crippen molar-refractivity contribution in [2.24, 2.45) is 0 Å². The zero-order chi connectivity index (χ0) is 20.2. The van der Waals surface area contributed by atoms with Gasteiger partial charge < -0.3 is 14.7 Å². The van der Waals surface area contributed by atoms with E-state index in [9.17, 15) is 4.79 Å². The summed E-state index contributed by atoms with van der Waals surface area (Å²) in [6.07, 6.45) is 2.94. The van der Waals surface area contributed by atoms with Crippen molar-refractivity contribution in [1.82, 2.24) is 15.2 Å². The van der Waals surface area contributed by atoms with E-state index in [0.29, 0.717) is 17.0 Å². The second kappa shape index (κ2) is 8.53. The lowest BCUT2D eigenvalue weighted by Gasteiger charge is -2.10. The van der Waals surface area contributed by atoms with Crippen molar-refractivity contribution in [2.75, 3.05) is 11.1 Å². The monoisotopic (exact) mass is 406 g/mol. The van der Waals surface area contributed by atoms with Gasteiger partial charge in [-0.05, 0) is 36.1 Å². The molecule has 29 heavy (non-hydrogen) atoms. The Kier molecular flexibility index (Phi) is 5.67. The first kappa shape index (κ1) is 19.3. The molecule has 0 bridgehead atoms. The standard InChI is InChI=1S/C22H22N4O2S/c1-3-14(2)15-8-10-16(11-9-15)24-20(27)13-29-22-26-25-21(28-22)18-12-23-19-7-5-4-6-17(18)19/h4-12,14,23H,3,13H2,1-2H3,(H,24,27)/t14-/m1/s1. The van der Waals surface area contributed by atoms with Crippen molar-refractivity contribution in [3.8, 4) is 11.5 Å². The molecule has 148 valence electrons. The maximum atomic E-state index is 12.2. The maximum absolute atomic E-state index is 12.2. The number of H-pyrrole nitrogens is 1. The van der Waals surface area contributed by atoms with Gasteiger partial charge in [-0.2, -0.15) is 0 Å². The van der Waals surface area contributed by atoms with Crippen LogP contribution in [0.15, 0.2) is 64.4 Å². The fourth-order valence-electron chi connectivity index (χ4n) is 3.08. The minimum Gasteiger partial charge on any atom is -0.411 e. The molecule has 0 aliphatic carbocycles. The number of carbonyl (C=O) groups is 1. The van der Waals surface area contributed by atoms with Crippen molar-refractivity contribution in [3.05, 3.63) is 60.3 Å². The summed E-state index contributed by atoms with van der Waals surface area (Å²) in [7, 11) is 0. The smallest absolute Gasteiger partial charge is 0.277 e. The lowest BCUT2D eigenvalue weighted by Crippen LogP contribution is -2.14. The quantitative estimate of drug-likeness (QED) is 0.398. The topological polar surface area (TPSA) is 83.8 Å². The van der Waals surface area contributed by atoms with Gasteiger partial charge in [0.05, 0.1) is 11.3 Å². The van der Waals surface area contributed by atoms with Gasteiger partial charge in [-0.1, -0.05) is 55.9 Å². The van der Waals surface area contributed by atoms with E-state index in [4.69, 9.17) is 4.42 Å². The van der Waals surface area contributed by atoms with E-state index < -0.39 is 0 Å². The Balaban J connectivity index is 1.35. The Hall–Kier alpha value is -3.06. The molecule has 0 fully saturated rings. The van der Waals surface area contributed by atoms with E-state index >= 15 is 0 Å². The molecular weight excluding hydrogens is 384 g/mol. The van der Waals surface area contributed by atoms with Gasteiger partial charge in [0.1, 0.15) is 0 Å². The van der Waals surface area contributed by atoms with Crippen LogP contribution in [0.25, 0.3) is 22.4 Å². The molecule has 4 rings (SSSR count). The number of thioether (sulfide) groups is 1. The van der Waals surface area contributed by atoms with Crippen LogP contribution in [0.4, 0.5) is 5.69 Å². The van der Waals surface area contributed by atoms with Crippen LogP contribution in [0.5, 0.6) is 0 Å². The molecule has 1 atom stereocenters. The first-order chi connectivity index (χ1) is 14.1. The summed E-state index contributed by atoms with van der Waals surface area (Å²) in [6, 6.07) is 15.9. The number of amides is 1. The van der Waals surface area contributed by atoms with Gasteiger partial charge in [-0.15, -0.1) is 10.2 Å². The van der Waals surface area contributed by atoms with Crippen molar-refractivity contribution < 1.29 is 9.21 Å². The zero-order valence-corrected chi connectivity index (χ0v) is 17.1. The molecule has 0 aliphatic heterocycles. The van der Waals surface area contributed by atoms with Crippen LogP contribution in [0.1, 0.15) is 31.7 Å². The summed E-state index contributed by atoms with van der Waals surface area (Å²) in [5, 5.41) is 12.5. The van der Waals surface area contributed by atoms with Gasteiger partial charge >= 0.3 is 0 Å². The third-order valence-corrected chi connectivity index (χ3v) is 5.75. The number of anilines is 1. The minimum atomic E-state index is -0.113. The van der Waals surface area contributed by atoms with Crippen molar-refractivity contribution >= 4 is 34.3 Å². The van der Waals surface area contributed by atoms with Crippen molar-refractivity contribution in [2.45, 2.75) is 31.4 Å². The van der Waals surface area contributed by atoms with Gasteiger partial charge in [0, 0.05) is 22.8 Å². The molecule has 0 unspecified atom stereocenters. The number of rotatable bonds is 7. The van der Waals surface area contributed by atoms with E-state index in [0.717, 1.165) is 28.6 Å². The predicted molar refractivity (Wildman–Crippen MR) is 116 cm³/mol. The van der Waals surface area contributed by atoms with Gasteiger partial charge in [0.2, 0.25) is 5.91 Å². The van der Waals surface area contributed by atoms with Crippen molar-refractivity contribution in [1.29, 1.82) is 0 Å². The SMILES string of the molecule is CC[C@@H](C)c1ccc(NC(=O)CSc2nnc(-c3c[nH]c4ccccc34)o2)cc1. The molecular formula is C22H22N4O2S. The fraction of sp³-hybridized carbons (Fsp3) is 0.227. The number of aromatic nitrogens is 3. The van der Waals surface area contributed by atoms with Crippen LogP contribution in [-0.4, -0.2) is 26.8 Å². The highest BCUT2D eigenvalue weighted by atomic mass is 32.2. The van der Waals surface area contributed by atoms with E-state index in [2.05, 4.69) is 46.5 Å². The van der Waals surface area contributed by atoms with Gasteiger partial charge in [-0.3, -0.25) is 4.79 Å². The summed E-state index contributed by atoms with van der Waals surface area (Å²) in [6.45, 7) is 4.36. The van der Waals surface area contributed by atoms with Crippen molar-refractivity contribution in [3.63, 3.8) is 0 Å². The highest BCUT2D eigenvalue weighted by Gasteiger charge is 2.14. The van der Waals surface area contributed by atoms with E-state index in [1.54, 1.807) is 0 Å². The van der Waals surface area contributed by atoms with Crippen LogP contribution in [-0.2, 0) is 4.79 Å². The van der Waals surface area contributed by atoms with Crippen LogP contribution in [0.3, 0.4) is 0 Å². The average molecular weight is 407 g/mol. The predicted octanol–water partition coefficient (Wildman–Crippen LogP) is 5.46. The third kappa shape index (κ3) is 4.35. The molecule has 4 aromatic rings. The molecule has 0 radical (unpaired) electrons. The molecule has 2 N–H and O–H groups in total. The third-order valence-electron chi connectivity index (χ3n) is 4.93. The maximum Gasteiger partial charge on any atom is 0.277 e. The number of para-hydroxylation sites is 1. The Bertz CT molecular complexity index is 1120. The molecule has 1 amide bonds. The number of nitrogens with one attached hydrogen (secondary N) is 2. The average Bonchev–Trinajstić information content (AvgIpc) is 3.39. The number of aromatic amines is 1. The van der Waals surface area contributed by atoms with Crippen LogP contribution in [0, 0.1) is 0 Å². The minimum absolute atomic E-state index is 0.113. The Morgan fingerprint density at radius 2 is 1.97 bits per heavy atom. The summed E-state index contributed by atoms with van der Waals surface area (Å²) in [5.74, 6) is 1.03. The Morgan fingerprint density at radius 3 is 2.76 bits per heavy atom. The molecule has 0 saturated heterocycles. The largest absolute Gasteiger partial charge is 0.411 e. The molecule has 0 aliphatic rings. The summed E-state index contributed by atoms with van der Waals surface area (Å²) in [5.41, 5.74) is 3.92. The summed E-state index contributed by atoms with van der Waals surface area (Å²) >= 11 is 1.22. The molecule has 0 saturated carbocycles. The molecule has 0 spiro atoms. The molecule has 2 heterocycles. The second-order valence-electron chi connectivity index (χ2n) is 6.89. The number of hydrogen-bond donors (Lipinski definition) is 2. The number of fused-ring (bicyclic) bond motifs is 1. The molecule has 2 aromatic carbocycles. The lowest BCUT2D eigenvalue weighted by atomic mass is 9.99. The second-order valence-corrected chi connectivity index (χ2v) is 7.82. The Labute approximate surface area is 173 Å². The number of carbonyl (C=O) groups excluding carboxylic acids is 1. The van der Waals surface area contributed by atoms with Gasteiger partial charge in [-0.25, -0.2) is 0 Å². The first-order valence-electron chi connectivity index (χ1n) is 9.56. The number of benzene rings is 2. The zero-order valence-electron chi connectivity index (χ0n) is 16.3. The first-order valence-corrected chi connectivity index (χ1v) is 10.5. The molecule has 6 nitrogen and oxygen atoms in total. The highest BCUT2D eigenvalue weighted by Crippen LogP contribution is 2.29. The van der Waals surface area contributed by atoms with E-state index in [-0.39, 0.29) is 11.7 Å². The van der Waals surface area contributed by atoms with Crippen LogP contribution < -0.4 is 5.32 Å². The normalized spacial score (nSPS) is 12.2. The van der Waals surface area contributed by atoms with E-state index in [1.807, 2.05) is 42.6 Å². The molecule has 7 heteroatoms. The molecule has 2 aromatic heterocycles. The van der Waals surface area contributed by atoms with Gasteiger partial charge in [0.25, 0.3) is 11.1 Å². The lowest BCUT2D eigenvalue weighted by molar-refractivity contribution is -0.113. The number of nitrogens with zero attached hydrogens (tertiary/aromatic N) is 2.